The molecule has 0 unspecified atom stereocenters. The standard InChI is InChI=1S/C16H16ClNO.C7H9N.CH2O2/c17-15-9-5-4-8-14(15)12-18-16(19)11-10-13-6-2-1-3-7-13;8-6-7-4-2-1-3-5-7;2-1-3/h1-9H,10-12H2,(H,18,19);1-5H,6,8H2;1H2/q;;-2. The van der Waals surface area contributed by atoms with Gasteiger partial charge in [-0.15, -0.1) is 0 Å². The van der Waals surface area contributed by atoms with Gasteiger partial charge >= 0.3 is 0 Å². The summed E-state index contributed by atoms with van der Waals surface area (Å²) in [5.41, 5.74) is 8.66. The van der Waals surface area contributed by atoms with Crippen molar-refractivity contribution >= 4 is 17.5 Å². The number of hydrogen-bond acceptors (Lipinski definition) is 4. The third-order valence-corrected chi connectivity index (χ3v) is 4.36. The first-order chi connectivity index (χ1) is 14.6. The molecule has 1 amide bonds. The Morgan fingerprint density at radius 2 is 1.33 bits per heavy atom. The van der Waals surface area contributed by atoms with Gasteiger partial charge in [0.05, 0.1) is 0 Å². The van der Waals surface area contributed by atoms with Crippen molar-refractivity contribution in [2.45, 2.75) is 25.9 Å². The zero-order chi connectivity index (χ0) is 22.0. The van der Waals surface area contributed by atoms with Gasteiger partial charge in [0.1, 0.15) is 0 Å². The van der Waals surface area contributed by atoms with Crippen LogP contribution in [0, 0.1) is 0 Å². The predicted octanol–water partition coefficient (Wildman–Crippen LogP) is 2.40. The van der Waals surface area contributed by atoms with Crippen molar-refractivity contribution in [3.05, 3.63) is 107 Å². The molecule has 0 aliphatic rings. The van der Waals surface area contributed by atoms with Gasteiger partial charge in [0, 0.05) is 24.5 Å². The molecule has 0 saturated carbocycles. The van der Waals surface area contributed by atoms with Crippen LogP contribution >= 0.6 is 11.6 Å². The van der Waals surface area contributed by atoms with Gasteiger partial charge in [-0.2, -0.15) is 0 Å². The molecule has 3 N–H and O–H groups in total. The molecule has 6 heteroatoms. The van der Waals surface area contributed by atoms with E-state index < -0.39 is 6.79 Å². The summed E-state index contributed by atoms with van der Waals surface area (Å²) in [5, 5.41) is 20.3. The van der Waals surface area contributed by atoms with Gasteiger partial charge in [0.15, 0.2) is 0 Å². The maximum absolute atomic E-state index is 11.7. The highest BCUT2D eigenvalue weighted by Gasteiger charge is 2.04. The molecule has 0 aliphatic heterocycles. The van der Waals surface area contributed by atoms with E-state index in [0.717, 1.165) is 12.0 Å². The monoisotopic (exact) mass is 426 g/mol. The summed E-state index contributed by atoms with van der Waals surface area (Å²) in [6.07, 6.45) is 1.25. The fraction of sp³-hybridized carbons (Fsp3) is 0.208. The van der Waals surface area contributed by atoms with Crippen LogP contribution in [-0.4, -0.2) is 12.7 Å². The summed E-state index contributed by atoms with van der Waals surface area (Å²) in [4.78, 5) is 11.7. The number of aryl methyl sites for hydroxylation is 1. The molecule has 0 fully saturated rings. The Hall–Kier alpha value is -2.70. The average Bonchev–Trinajstić information content (AvgIpc) is 2.79. The Balaban J connectivity index is 0.000000338. The van der Waals surface area contributed by atoms with Gasteiger partial charge < -0.3 is 21.3 Å². The second-order valence-corrected chi connectivity index (χ2v) is 6.57. The zero-order valence-corrected chi connectivity index (χ0v) is 17.6. The first kappa shape index (κ1) is 25.3. The fourth-order valence-electron chi connectivity index (χ4n) is 2.44. The first-order valence-electron chi connectivity index (χ1n) is 9.55. The summed E-state index contributed by atoms with van der Waals surface area (Å²) in [6.45, 7) is -0.131. The molecule has 3 aromatic carbocycles. The number of rotatable bonds is 6. The van der Waals surface area contributed by atoms with Gasteiger partial charge in [-0.1, -0.05) is 90.5 Å². The third kappa shape index (κ3) is 11.3. The van der Waals surface area contributed by atoms with Crippen molar-refractivity contribution in [2.75, 3.05) is 6.79 Å². The van der Waals surface area contributed by atoms with Crippen LogP contribution in [0.2, 0.25) is 5.02 Å². The van der Waals surface area contributed by atoms with E-state index in [1.807, 2.05) is 84.9 Å². The highest BCUT2D eigenvalue weighted by Crippen LogP contribution is 2.14. The van der Waals surface area contributed by atoms with Crippen LogP contribution in [-0.2, 0) is 24.3 Å². The number of nitrogens with one attached hydrogen (secondary N) is 1. The topological polar surface area (TPSA) is 101 Å². The molecule has 30 heavy (non-hydrogen) atoms. The highest BCUT2D eigenvalue weighted by molar-refractivity contribution is 6.31. The zero-order valence-electron chi connectivity index (χ0n) is 16.8. The van der Waals surface area contributed by atoms with E-state index in [9.17, 15) is 4.79 Å². The smallest absolute Gasteiger partial charge is 0.220 e. The predicted molar refractivity (Wildman–Crippen MR) is 117 cm³/mol. The van der Waals surface area contributed by atoms with E-state index in [4.69, 9.17) is 27.5 Å². The summed E-state index contributed by atoms with van der Waals surface area (Å²) in [7, 11) is 0. The van der Waals surface area contributed by atoms with Crippen molar-refractivity contribution in [2.24, 2.45) is 5.73 Å². The molecule has 0 aliphatic carbocycles. The van der Waals surface area contributed by atoms with Crippen LogP contribution in [0.5, 0.6) is 0 Å². The van der Waals surface area contributed by atoms with Crippen LogP contribution in [0.25, 0.3) is 0 Å². The lowest BCUT2D eigenvalue weighted by atomic mass is 10.1. The number of halogens is 1. The lowest BCUT2D eigenvalue weighted by Gasteiger charge is -2.07. The second-order valence-electron chi connectivity index (χ2n) is 6.16. The maximum atomic E-state index is 11.7. The molecule has 0 atom stereocenters. The number of amides is 1. The molecule has 3 rings (SSSR count). The van der Waals surface area contributed by atoms with E-state index in [1.54, 1.807) is 0 Å². The number of hydrogen-bond donors (Lipinski definition) is 2. The van der Waals surface area contributed by atoms with Crippen LogP contribution in [0.1, 0.15) is 23.1 Å². The quantitative estimate of drug-likeness (QED) is 0.591. The van der Waals surface area contributed by atoms with E-state index in [-0.39, 0.29) is 5.91 Å². The molecule has 0 heterocycles. The molecule has 0 spiro atoms. The Morgan fingerprint density at radius 1 is 0.833 bits per heavy atom. The number of carbonyl (C=O) groups is 1. The van der Waals surface area contributed by atoms with Gasteiger partial charge in [0.2, 0.25) is 5.91 Å². The van der Waals surface area contributed by atoms with E-state index in [0.29, 0.717) is 24.5 Å². The molecule has 160 valence electrons. The van der Waals surface area contributed by atoms with Crippen LogP contribution in [0.15, 0.2) is 84.9 Å². The first-order valence-corrected chi connectivity index (χ1v) is 9.92. The molecule has 0 radical (unpaired) electrons. The van der Waals surface area contributed by atoms with Gasteiger partial charge in [-0.25, -0.2) is 6.79 Å². The van der Waals surface area contributed by atoms with Crippen LogP contribution in [0.3, 0.4) is 0 Å². The van der Waals surface area contributed by atoms with Gasteiger partial charge in [0.25, 0.3) is 0 Å². The Bertz CT molecular complexity index is 830. The van der Waals surface area contributed by atoms with Crippen molar-refractivity contribution < 1.29 is 15.0 Å². The van der Waals surface area contributed by atoms with E-state index in [1.165, 1.54) is 11.1 Å². The number of nitrogens with two attached hydrogens (primary N) is 1. The second kappa shape index (κ2) is 16.1. The molecule has 0 aromatic heterocycles. The summed E-state index contributed by atoms with van der Waals surface area (Å²) >= 11 is 6.03. The van der Waals surface area contributed by atoms with Crippen LogP contribution in [0.4, 0.5) is 0 Å². The molecule has 0 bridgehead atoms. The molecule has 5 nitrogen and oxygen atoms in total. The van der Waals surface area contributed by atoms with Crippen molar-refractivity contribution in [1.82, 2.24) is 5.32 Å². The summed E-state index contributed by atoms with van der Waals surface area (Å²) in [5.74, 6) is 0.0452. The van der Waals surface area contributed by atoms with Gasteiger partial charge in [-0.05, 0) is 29.2 Å². The fourth-order valence-corrected chi connectivity index (χ4v) is 2.64. The number of benzene rings is 3. The van der Waals surface area contributed by atoms with Crippen molar-refractivity contribution in [3.8, 4) is 0 Å². The maximum Gasteiger partial charge on any atom is 0.220 e. The minimum atomic E-state index is -1.25. The average molecular weight is 427 g/mol. The molecule has 3 aromatic rings. The lowest BCUT2D eigenvalue weighted by molar-refractivity contribution is -0.596. The molecule has 0 saturated heterocycles. The minimum absolute atomic E-state index is 0.0452. The SMILES string of the molecule is NCc1ccccc1.O=C(CCc1ccccc1)NCc1ccccc1Cl.[O-]C[O-]. The van der Waals surface area contributed by atoms with Crippen molar-refractivity contribution in [1.29, 1.82) is 0 Å². The largest absolute Gasteiger partial charge is 0.868 e. The Kier molecular flexibility index (Phi) is 13.6. The Morgan fingerprint density at radius 3 is 1.83 bits per heavy atom. The molecular formula is C24H27ClN2O3-2. The summed E-state index contributed by atoms with van der Waals surface area (Å²) < 4.78 is 0. The minimum Gasteiger partial charge on any atom is -0.868 e. The highest BCUT2D eigenvalue weighted by atomic mass is 35.5. The van der Waals surface area contributed by atoms with Crippen LogP contribution < -0.4 is 21.3 Å². The molecular weight excluding hydrogens is 400 g/mol. The summed E-state index contributed by atoms with van der Waals surface area (Å²) in [6, 6.07) is 27.5. The number of carbonyl (C=O) groups excluding carboxylic acids is 1. The van der Waals surface area contributed by atoms with Crippen molar-refractivity contribution in [3.63, 3.8) is 0 Å². The Labute approximate surface area is 183 Å². The van der Waals surface area contributed by atoms with E-state index in [2.05, 4.69) is 5.32 Å². The van der Waals surface area contributed by atoms with E-state index >= 15 is 0 Å². The van der Waals surface area contributed by atoms with Gasteiger partial charge in [-0.3, -0.25) is 4.79 Å². The lowest BCUT2D eigenvalue weighted by Crippen LogP contribution is -2.23. The normalized spacial score (nSPS) is 9.47. The third-order valence-electron chi connectivity index (χ3n) is 4.00.